The fourth-order valence-electron chi connectivity index (χ4n) is 1.79. The second kappa shape index (κ2) is 4.77. The zero-order chi connectivity index (χ0) is 11.5. The molecular weight excluding hydrogens is 214 g/mol. The van der Waals surface area contributed by atoms with Crippen LogP contribution in [0.15, 0.2) is 0 Å². The Morgan fingerprint density at radius 3 is 2.94 bits per heavy atom. The van der Waals surface area contributed by atoms with E-state index in [0.29, 0.717) is 13.0 Å². The molecule has 7 heteroatoms. The number of rotatable bonds is 3. The van der Waals surface area contributed by atoms with Crippen molar-refractivity contribution in [3.05, 3.63) is 0 Å². The average Bonchev–Trinajstić information content (AvgIpc) is 2.88. The Balaban J connectivity index is 1.82. The van der Waals surface area contributed by atoms with Crippen molar-refractivity contribution in [2.75, 3.05) is 13.2 Å². The SMILES string of the molecule is NCC1CCC(C(=O)N[C@@H]2CONC2=O)O1. The van der Waals surface area contributed by atoms with Crippen LogP contribution in [0.4, 0.5) is 0 Å². The summed E-state index contributed by atoms with van der Waals surface area (Å²) in [7, 11) is 0. The first kappa shape index (κ1) is 11.3. The quantitative estimate of drug-likeness (QED) is 0.521. The lowest BCUT2D eigenvalue weighted by Crippen LogP contribution is -2.46. The molecule has 2 rings (SSSR count). The molecule has 3 atom stereocenters. The number of carbonyl (C=O) groups is 2. The lowest BCUT2D eigenvalue weighted by molar-refractivity contribution is -0.135. The first-order valence-electron chi connectivity index (χ1n) is 5.28. The van der Waals surface area contributed by atoms with E-state index < -0.39 is 12.1 Å². The van der Waals surface area contributed by atoms with E-state index >= 15 is 0 Å². The number of amides is 2. The Morgan fingerprint density at radius 2 is 2.38 bits per heavy atom. The Hall–Kier alpha value is -1.18. The molecule has 2 aliphatic rings. The number of hydrogen-bond donors (Lipinski definition) is 3. The number of nitrogens with two attached hydrogens (primary N) is 1. The molecule has 0 spiro atoms. The van der Waals surface area contributed by atoms with E-state index in [2.05, 4.69) is 10.8 Å². The smallest absolute Gasteiger partial charge is 0.268 e. The van der Waals surface area contributed by atoms with Crippen LogP contribution < -0.4 is 16.5 Å². The molecule has 0 saturated carbocycles. The maximum absolute atomic E-state index is 11.7. The molecule has 2 amide bonds. The van der Waals surface area contributed by atoms with E-state index in [1.54, 1.807) is 0 Å². The molecule has 7 nitrogen and oxygen atoms in total. The summed E-state index contributed by atoms with van der Waals surface area (Å²) in [5.74, 6) is -0.608. The lowest BCUT2D eigenvalue weighted by Gasteiger charge is -2.14. The van der Waals surface area contributed by atoms with Crippen LogP contribution in [0.5, 0.6) is 0 Å². The molecule has 4 N–H and O–H groups in total. The number of hydrogen-bond acceptors (Lipinski definition) is 5. The van der Waals surface area contributed by atoms with Crippen molar-refractivity contribution >= 4 is 11.8 Å². The second-order valence-corrected chi connectivity index (χ2v) is 3.90. The van der Waals surface area contributed by atoms with Gasteiger partial charge < -0.3 is 15.8 Å². The molecular formula is C9H15N3O4. The molecule has 90 valence electrons. The highest BCUT2D eigenvalue weighted by Crippen LogP contribution is 2.19. The van der Waals surface area contributed by atoms with Gasteiger partial charge in [0.1, 0.15) is 18.8 Å². The Kier molecular flexibility index (Phi) is 3.37. The summed E-state index contributed by atoms with van der Waals surface area (Å²) in [6.07, 6.45) is 0.872. The van der Waals surface area contributed by atoms with E-state index in [9.17, 15) is 9.59 Å². The van der Waals surface area contributed by atoms with Gasteiger partial charge in [0.25, 0.3) is 5.91 Å². The fourth-order valence-corrected chi connectivity index (χ4v) is 1.79. The summed E-state index contributed by atoms with van der Waals surface area (Å²) < 4.78 is 5.41. The zero-order valence-corrected chi connectivity index (χ0v) is 8.77. The monoisotopic (exact) mass is 229 g/mol. The van der Waals surface area contributed by atoms with Crippen molar-refractivity contribution in [3.63, 3.8) is 0 Å². The molecule has 0 aromatic carbocycles. The number of carbonyl (C=O) groups excluding carboxylic acids is 2. The van der Waals surface area contributed by atoms with Crippen molar-refractivity contribution in [3.8, 4) is 0 Å². The minimum absolute atomic E-state index is 0.0515. The lowest BCUT2D eigenvalue weighted by atomic mass is 10.2. The van der Waals surface area contributed by atoms with Crippen molar-refractivity contribution in [2.24, 2.45) is 5.73 Å². The van der Waals surface area contributed by atoms with Crippen LogP contribution in [0.2, 0.25) is 0 Å². The van der Waals surface area contributed by atoms with Gasteiger partial charge in [-0.25, -0.2) is 5.48 Å². The van der Waals surface area contributed by atoms with Crippen LogP contribution in [-0.2, 0) is 19.2 Å². The maximum atomic E-state index is 11.7. The molecule has 0 aromatic rings. The molecule has 0 aliphatic carbocycles. The molecule has 2 unspecified atom stereocenters. The third-order valence-corrected chi connectivity index (χ3v) is 2.72. The van der Waals surface area contributed by atoms with Gasteiger partial charge in [-0.05, 0) is 12.8 Å². The van der Waals surface area contributed by atoms with Crippen molar-refractivity contribution in [1.29, 1.82) is 0 Å². The maximum Gasteiger partial charge on any atom is 0.268 e. The summed E-state index contributed by atoms with van der Waals surface area (Å²) in [4.78, 5) is 27.5. The minimum atomic E-state index is -0.618. The minimum Gasteiger partial charge on any atom is -0.364 e. The van der Waals surface area contributed by atoms with Crippen LogP contribution in [-0.4, -0.2) is 43.2 Å². The molecule has 0 radical (unpaired) electrons. The van der Waals surface area contributed by atoms with E-state index in [1.807, 2.05) is 0 Å². The zero-order valence-electron chi connectivity index (χ0n) is 8.77. The highest BCUT2D eigenvalue weighted by molar-refractivity contribution is 5.89. The summed E-state index contributed by atoms with van der Waals surface area (Å²) in [6, 6.07) is -0.618. The van der Waals surface area contributed by atoms with E-state index in [0.717, 1.165) is 6.42 Å². The predicted octanol–water partition coefficient (Wildman–Crippen LogP) is -1.96. The number of nitrogens with one attached hydrogen (secondary N) is 2. The average molecular weight is 229 g/mol. The molecule has 0 aromatic heterocycles. The van der Waals surface area contributed by atoms with Crippen LogP contribution >= 0.6 is 0 Å². The van der Waals surface area contributed by atoms with Gasteiger partial charge in [-0.2, -0.15) is 0 Å². The largest absolute Gasteiger partial charge is 0.364 e. The summed E-state index contributed by atoms with van der Waals surface area (Å²) in [5.41, 5.74) is 7.61. The fraction of sp³-hybridized carbons (Fsp3) is 0.778. The molecule has 2 aliphatic heterocycles. The van der Waals surface area contributed by atoms with Gasteiger partial charge in [0, 0.05) is 6.54 Å². The molecule has 0 bridgehead atoms. The van der Waals surface area contributed by atoms with Gasteiger partial charge in [0.2, 0.25) is 5.91 Å². The topological polar surface area (TPSA) is 103 Å². The first-order chi connectivity index (χ1) is 7.70. The highest BCUT2D eigenvalue weighted by atomic mass is 16.7. The standard InChI is InChI=1S/C9H15N3O4/c10-3-5-1-2-7(16-5)9(14)11-6-4-15-12-8(6)13/h5-7H,1-4,10H2,(H,11,14)(H,12,13)/t5?,6-,7?/m1/s1. The van der Waals surface area contributed by atoms with Gasteiger partial charge in [-0.3, -0.25) is 14.4 Å². The summed E-state index contributed by atoms with van der Waals surface area (Å²) >= 11 is 0. The van der Waals surface area contributed by atoms with Gasteiger partial charge in [-0.1, -0.05) is 0 Å². The van der Waals surface area contributed by atoms with Crippen LogP contribution in [0.25, 0.3) is 0 Å². The highest BCUT2D eigenvalue weighted by Gasteiger charge is 2.34. The molecule has 2 saturated heterocycles. The number of hydroxylamine groups is 1. The molecule has 2 fully saturated rings. The van der Waals surface area contributed by atoms with E-state index in [-0.39, 0.29) is 24.5 Å². The van der Waals surface area contributed by atoms with E-state index in [1.165, 1.54) is 0 Å². The van der Waals surface area contributed by atoms with Gasteiger partial charge in [0.15, 0.2) is 0 Å². The predicted molar refractivity (Wildman–Crippen MR) is 53.0 cm³/mol. The molecule has 16 heavy (non-hydrogen) atoms. The van der Waals surface area contributed by atoms with Crippen LogP contribution in [0.1, 0.15) is 12.8 Å². The van der Waals surface area contributed by atoms with Gasteiger partial charge in [0.05, 0.1) is 6.10 Å². The first-order valence-corrected chi connectivity index (χ1v) is 5.28. The van der Waals surface area contributed by atoms with Gasteiger partial charge >= 0.3 is 0 Å². The third-order valence-electron chi connectivity index (χ3n) is 2.72. The second-order valence-electron chi connectivity index (χ2n) is 3.90. The third kappa shape index (κ3) is 2.31. The summed E-state index contributed by atoms with van der Waals surface area (Å²) in [5, 5.41) is 2.57. The van der Waals surface area contributed by atoms with Crippen LogP contribution in [0, 0.1) is 0 Å². The van der Waals surface area contributed by atoms with Crippen LogP contribution in [0.3, 0.4) is 0 Å². The molecule has 2 heterocycles. The summed E-state index contributed by atoms with van der Waals surface area (Å²) in [6.45, 7) is 0.564. The Morgan fingerprint density at radius 1 is 1.56 bits per heavy atom. The Bertz CT molecular complexity index is 296. The normalized spacial score (nSPS) is 33.8. The number of ether oxygens (including phenoxy) is 1. The van der Waals surface area contributed by atoms with Gasteiger partial charge in [-0.15, -0.1) is 0 Å². The van der Waals surface area contributed by atoms with Crippen molar-refractivity contribution in [2.45, 2.75) is 31.1 Å². The van der Waals surface area contributed by atoms with E-state index in [4.69, 9.17) is 15.3 Å². The Labute approximate surface area is 92.6 Å². The van der Waals surface area contributed by atoms with Crippen molar-refractivity contribution in [1.82, 2.24) is 10.8 Å². The van der Waals surface area contributed by atoms with Crippen molar-refractivity contribution < 1.29 is 19.2 Å².